The molecule has 0 atom stereocenters. The summed E-state index contributed by atoms with van der Waals surface area (Å²) in [5.41, 5.74) is 5.88. The second kappa shape index (κ2) is 10.4. The molecule has 202 valence electrons. The Labute approximate surface area is 227 Å². The van der Waals surface area contributed by atoms with E-state index < -0.39 is 0 Å². The Kier molecular flexibility index (Phi) is 6.96. The summed E-state index contributed by atoms with van der Waals surface area (Å²) in [5.74, 6) is 1.51. The maximum absolute atomic E-state index is 5.78. The van der Waals surface area contributed by atoms with Crippen LogP contribution >= 0.6 is 11.3 Å². The largest absolute Gasteiger partial charge is 0.493 e. The number of aryl methyl sites for hydroxylation is 1. The third-order valence-corrected chi connectivity index (χ3v) is 9.48. The summed E-state index contributed by atoms with van der Waals surface area (Å²) in [6.45, 7) is 11.8. The molecule has 2 fully saturated rings. The van der Waals surface area contributed by atoms with Gasteiger partial charge in [-0.3, -0.25) is 5.10 Å². The van der Waals surface area contributed by atoms with Gasteiger partial charge in [0.25, 0.3) is 0 Å². The van der Waals surface area contributed by atoms with Crippen LogP contribution < -0.4 is 4.74 Å². The molecule has 1 saturated carbocycles. The van der Waals surface area contributed by atoms with Crippen LogP contribution in [-0.4, -0.2) is 73.6 Å². The zero-order chi connectivity index (χ0) is 26.4. The monoisotopic (exact) mass is 535 g/mol. The first kappa shape index (κ1) is 25.5. The molecule has 0 amide bonds. The van der Waals surface area contributed by atoms with Gasteiger partial charge in [0.05, 0.1) is 24.6 Å². The maximum Gasteiger partial charge on any atom is 0.197 e. The summed E-state index contributed by atoms with van der Waals surface area (Å²) >= 11 is 1.82. The Morgan fingerprint density at radius 1 is 1.21 bits per heavy atom. The normalized spacial score (nSPS) is 20.9. The number of ether oxygens (including phenoxy) is 2. The lowest BCUT2D eigenvalue weighted by Crippen LogP contribution is -2.50. The van der Waals surface area contributed by atoms with E-state index in [9.17, 15) is 0 Å². The first-order chi connectivity index (χ1) is 18.5. The third kappa shape index (κ3) is 4.52. The molecular weight excluding hydrogens is 498 g/mol. The highest BCUT2D eigenvalue weighted by molar-refractivity contribution is 7.15. The zero-order valence-electron chi connectivity index (χ0n) is 22.9. The van der Waals surface area contributed by atoms with Gasteiger partial charge in [0.15, 0.2) is 11.4 Å². The molecule has 0 aromatic carbocycles. The highest BCUT2D eigenvalue weighted by Crippen LogP contribution is 2.42. The van der Waals surface area contributed by atoms with Gasteiger partial charge in [-0.2, -0.15) is 10.2 Å². The van der Waals surface area contributed by atoms with Gasteiger partial charge in [-0.15, -0.1) is 11.3 Å². The standard InChI is InChI=1S/C28H37N7O2S/c1-6-37-21-12-20(13-21)34-9-7-18(8-10-34)26-17(4)31-28(38-26)25-23(16(2)3)24(32-33-25)19-11-22(36-5)27-29-15-30-35(27)14-19/h11,14-16,18,20-21H,6-10,12-13H2,1-5H3,(H,32,33). The van der Waals surface area contributed by atoms with Crippen LogP contribution in [0, 0.1) is 6.92 Å². The van der Waals surface area contributed by atoms with Gasteiger partial charge >= 0.3 is 0 Å². The molecule has 2 aliphatic rings. The molecule has 0 unspecified atom stereocenters. The number of likely N-dealkylation sites (tertiary alicyclic amines) is 1. The topological polar surface area (TPSA) is 93.5 Å². The van der Waals surface area contributed by atoms with Crippen molar-refractivity contribution < 1.29 is 9.47 Å². The Hall–Kier alpha value is -2.82. The average molecular weight is 536 g/mol. The number of thiazole rings is 1. The number of hydrogen-bond donors (Lipinski definition) is 1. The zero-order valence-corrected chi connectivity index (χ0v) is 23.7. The van der Waals surface area contributed by atoms with E-state index in [-0.39, 0.29) is 5.92 Å². The molecule has 1 aliphatic heterocycles. The van der Waals surface area contributed by atoms with Gasteiger partial charge < -0.3 is 14.4 Å². The number of hydrogen-bond acceptors (Lipinski definition) is 8. The summed E-state index contributed by atoms with van der Waals surface area (Å²) in [4.78, 5) is 13.5. The Morgan fingerprint density at radius 2 is 2.00 bits per heavy atom. The second-order valence-electron chi connectivity index (χ2n) is 10.8. The first-order valence-electron chi connectivity index (χ1n) is 13.8. The molecule has 9 nitrogen and oxygen atoms in total. The molecule has 5 heterocycles. The van der Waals surface area contributed by atoms with Crippen LogP contribution in [0.4, 0.5) is 0 Å². The molecule has 4 aromatic rings. The third-order valence-electron chi connectivity index (χ3n) is 8.16. The van der Waals surface area contributed by atoms with Gasteiger partial charge in [0, 0.05) is 34.8 Å². The van der Waals surface area contributed by atoms with Gasteiger partial charge in [0.1, 0.15) is 17.0 Å². The number of nitrogens with zero attached hydrogens (tertiary/aromatic N) is 6. The number of piperidine rings is 1. The van der Waals surface area contributed by atoms with E-state index in [1.54, 1.807) is 11.6 Å². The number of aromatic nitrogens is 6. The summed E-state index contributed by atoms with van der Waals surface area (Å²) in [7, 11) is 1.66. The molecule has 1 N–H and O–H groups in total. The maximum atomic E-state index is 5.78. The van der Waals surface area contributed by atoms with E-state index in [1.165, 1.54) is 36.9 Å². The highest BCUT2D eigenvalue weighted by Gasteiger charge is 2.36. The van der Waals surface area contributed by atoms with Gasteiger partial charge in [0.2, 0.25) is 0 Å². The van der Waals surface area contributed by atoms with E-state index in [4.69, 9.17) is 19.6 Å². The minimum atomic E-state index is 0.259. The van der Waals surface area contributed by atoms with Crippen molar-refractivity contribution >= 4 is 17.0 Å². The van der Waals surface area contributed by atoms with E-state index in [0.717, 1.165) is 52.9 Å². The molecule has 0 radical (unpaired) electrons. The van der Waals surface area contributed by atoms with Crippen molar-refractivity contribution in [2.24, 2.45) is 0 Å². The molecule has 6 rings (SSSR count). The number of nitrogens with one attached hydrogen (secondary N) is 1. The second-order valence-corrected chi connectivity index (χ2v) is 11.9. The molecule has 10 heteroatoms. The molecule has 1 aliphatic carbocycles. The minimum Gasteiger partial charge on any atom is -0.493 e. The SMILES string of the molecule is CCOC1CC(N2CCC(c3sc(-c4n[nH]c(-c5cc(OC)c6ncnn6c5)c4C(C)C)nc3C)CC2)C1. The van der Waals surface area contributed by atoms with E-state index in [1.807, 2.05) is 23.6 Å². The van der Waals surface area contributed by atoms with Crippen LogP contribution in [0.25, 0.3) is 27.6 Å². The molecule has 0 bridgehead atoms. The predicted molar refractivity (Wildman–Crippen MR) is 149 cm³/mol. The fraction of sp³-hybridized carbons (Fsp3) is 0.571. The average Bonchev–Trinajstić information content (AvgIpc) is 3.63. The van der Waals surface area contributed by atoms with Crippen molar-refractivity contribution in [3.8, 4) is 27.7 Å². The van der Waals surface area contributed by atoms with Gasteiger partial charge in [-0.05, 0) is 70.5 Å². The number of pyridine rings is 1. The van der Waals surface area contributed by atoms with E-state index in [0.29, 0.717) is 29.5 Å². The van der Waals surface area contributed by atoms with Gasteiger partial charge in [-0.25, -0.2) is 14.5 Å². The number of aromatic amines is 1. The number of H-pyrrole nitrogens is 1. The fourth-order valence-corrected chi connectivity index (χ4v) is 7.34. The summed E-state index contributed by atoms with van der Waals surface area (Å²) in [5, 5.41) is 13.4. The quantitative estimate of drug-likeness (QED) is 0.322. The van der Waals surface area contributed by atoms with Crippen molar-refractivity contribution in [1.82, 2.24) is 34.7 Å². The minimum absolute atomic E-state index is 0.259. The Balaban J connectivity index is 1.24. The predicted octanol–water partition coefficient (Wildman–Crippen LogP) is 5.43. The molecular formula is C28H37N7O2S. The van der Waals surface area contributed by atoms with E-state index in [2.05, 4.69) is 47.8 Å². The van der Waals surface area contributed by atoms with Crippen LogP contribution in [0.3, 0.4) is 0 Å². The van der Waals surface area contributed by atoms with Crippen molar-refractivity contribution in [2.75, 3.05) is 26.8 Å². The van der Waals surface area contributed by atoms with Crippen LogP contribution in [0.1, 0.15) is 74.4 Å². The molecule has 0 spiro atoms. The Morgan fingerprint density at radius 3 is 2.71 bits per heavy atom. The molecule has 38 heavy (non-hydrogen) atoms. The molecule has 1 saturated heterocycles. The summed E-state index contributed by atoms with van der Waals surface area (Å²) < 4.78 is 13.1. The van der Waals surface area contributed by atoms with Crippen LogP contribution in [0.2, 0.25) is 0 Å². The highest BCUT2D eigenvalue weighted by atomic mass is 32.1. The van der Waals surface area contributed by atoms with E-state index >= 15 is 0 Å². The van der Waals surface area contributed by atoms with Crippen LogP contribution in [0.5, 0.6) is 5.75 Å². The fourth-order valence-electron chi connectivity index (χ4n) is 6.10. The molecule has 4 aromatic heterocycles. The summed E-state index contributed by atoms with van der Waals surface area (Å²) in [6.07, 6.45) is 8.76. The first-order valence-corrected chi connectivity index (χ1v) is 14.6. The number of methoxy groups -OCH3 is 1. The lowest BCUT2D eigenvalue weighted by atomic mass is 9.85. The van der Waals surface area contributed by atoms with Crippen molar-refractivity contribution in [3.05, 3.63) is 34.7 Å². The summed E-state index contributed by atoms with van der Waals surface area (Å²) in [6, 6.07) is 2.70. The van der Waals surface area contributed by atoms with Crippen molar-refractivity contribution in [2.45, 2.75) is 77.4 Å². The van der Waals surface area contributed by atoms with Crippen LogP contribution in [-0.2, 0) is 4.74 Å². The Bertz CT molecular complexity index is 1410. The number of rotatable bonds is 8. The number of fused-ring (bicyclic) bond motifs is 1. The van der Waals surface area contributed by atoms with Crippen molar-refractivity contribution in [3.63, 3.8) is 0 Å². The smallest absolute Gasteiger partial charge is 0.197 e. The van der Waals surface area contributed by atoms with Crippen molar-refractivity contribution in [1.29, 1.82) is 0 Å². The van der Waals surface area contributed by atoms with Gasteiger partial charge in [-0.1, -0.05) is 13.8 Å². The lowest BCUT2D eigenvalue weighted by Gasteiger charge is -2.45. The van der Waals surface area contributed by atoms with Crippen LogP contribution in [0.15, 0.2) is 18.6 Å². The lowest BCUT2D eigenvalue weighted by molar-refractivity contribution is -0.0513.